The molecule has 1 N–H and O–H groups in total. The summed E-state index contributed by atoms with van der Waals surface area (Å²) in [7, 11) is 0. The number of carboxylic acids is 1. The molecule has 0 aliphatic rings. The second-order valence-corrected chi connectivity index (χ2v) is 5.66. The van der Waals surface area contributed by atoms with Crippen LogP contribution in [0.3, 0.4) is 0 Å². The Bertz CT molecular complexity index is 601. The zero-order chi connectivity index (χ0) is 13.1. The number of carboxylic acid groups (broad SMARTS) is 1. The van der Waals surface area contributed by atoms with Crippen LogP contribution in [0.15, 0.2) is 50.9 Å². The number of halogens is 1. The van der Waals surface area contributed by atoms with Gasteiger partial charge in [-0.05, 0) is 46.6 Å². The highest BCUT2D eigenvalue weighted by Gasteiger charge is 2.09. The van der Waals surface area contributed by atoms with Crippen LogP contribution < -0.4 is 0 Å². The summed E-state index contributed by atoms with van der Waals surface area (Å²) >= 11 is 4.92. The lowest BCUT2D eigenvalue weighted by atomic mass is 10.1. The number of rotatable bonds is 3. The average molecular weight is 324 g/mol. The smallest absolute Gasteiger partial charge is 0.335 e. The molecule has 0 saturated carbocycles. The first-order chi connectivity index (χ1) is 8.58. The Kier molecular flexibility index (Phi) is 4.04. The monoisotopic (exact) mass is 323 g/mol. The summed E-state index contributed by atoms with van der Waals surface area (Å²) < 4.78 is 0.896. The maximum atomic E-state index is 11.1. The van der Waals surface area contributed by atoms with Gasteiger partial charge in [-0.2, -0.15) is 0 Å². The van der Waals surface area contributed by atoms with Gasteiger partial charge in [0.1, 0.15) is 0 Å². The highest BCUT2D eigenvalue weighted by molar-refractivity contribution is 9.10. The third-order valence-corrected chi connectivity index (χ3v) is 4.36. The minimum absolute atomic E-state index is 0.338. The van der Waals surface area contributed by atoms with Crippen molar-refractivity contribution in [3.05, 3.63) is 52.3 Å². The molecule has 0 spiro atoms. The van der Waals surface area contributed by atoms with Crippen molar-refractivity contribution in [2.45, 2.75) is 16.7 Å². The van der Waals surface area contributed by atoms with Crippen molar-refractivity contribution in [3.8, 4) is 0 Å². The Hall–Kier alpha value is -1.33. The predicted molar refractivity (Wildman–Crippen MR) is 74.2 cm³/mol. The minimum atomic E-state index is -0.899. The summed E-state index contributed by atoms with van der Waals surface area (Å²) in [4.78, 5) is 17.0. The van der Waals surface area contributed by atoms with Gasteiger partial charge in [0, 0.05) is 26.7 Å². The molecule has 0 aliphatic heterocycles. The molecular formula is C13H10BrNO2S. The molecule has 0 fully saturated rings. The highest BCUT2D eigenvalue weighted by Crippen LogP contribution is 2.33. The molecule has 0 unspecified atom stereocenters. The molecule has 5 heteroatoms. The fourth-order valence-corrected chi connectivity index (χ4v) is 2.81. The van der Waals surface area contributed by atoms with Crippen molar-refractivity contribution in [1.82, 2.24) is 4.98 Å². The third kappa shape index (κ3) is 2.91. The number of aryl methyl sites for hydroxylation is 1. The zero-order valence-electron chi connectivity index (χ0n) is 9.55. The Labute approximate surface area is 117 Å². The third-order valence-electron chi connectivity index (χ3n) is 2.40. The van der Waals surface area contributed by atoms with Crippen LogP contribution in [0.4, 0.5) is 0 Å². The molecular weight excluding hydrogens is 314 g/mol. The van der Waals surface area contributed by atoms with Crippen LogP contribution in [-0.4, -0.2) is 16.1 Å². The molecule has 1 heterocycles. The molecule has 92 valence electrons. The summed E-state index contributed by atoms with van der Waals surface area (Å²) in [5, 5.41) is 9.08. The van der Waals surface area contributed by atoms with E-state index in [0.717, 1.165) is 19.8 Å². The Morgan fingerprint density at radius 2 is 2.17 bits per heavy atom. The van der Waals surface area contributed by atoms with Gasteiger partial charge < -0.3 is 5.11 Å². The number of benzene rings is 1. The molecule has 0 aliphatic carbocycles. The van der Waals surface area contributed by atoms with Gasteiger partial charge in [-0.1, -0.05) is 17.8 Å². The van der Waals surface area contributed by atoms with Crippen LogP contribution in [0.25, 0.3) is 0 Å². The van der Waals surface area contributed by atoms with Gasteiger partial charge in [0.25, 0.3) is 0 Å². The Morgan fingerprint density at radius 3 is 2.83 bits per heavy atom. The maximum absolute atomic E-state index is 11.1. The van der Waals surface area contributed by atoms with E-state index in [1.165, 1.54) is 11.8 Å². The molecule has 2 rings (SSSR count). The number of hydrogen-bond acceptors (Lipinski definition) is 3. The van der Waals surface area contributed by atoms with E-state index in [0.29, 0.717) is 5.56 Å². The Morgan fingerprint density at radius 1 is 1.39 bits per heavy atom. The van der Waals surface area contributed by atoms with E-state index in [2.05, 4.69) is 20.9 Å². The zero-order valence-corrected chi connectivity index (χ0v) is 12.0. The second kappa shape index (κ2) is 5.54. The largest absolute Gasteiger partial charge is 0.478 e. The van der Waals surface area contributed by atoms with Gasteiger partial charge >= 0.3 is 5.97 Å². The summed E-state index contributed by atoms with van der Waals surface area (Å²) in [5.41, 5.74) is 1.10. The maximum Gasteiger partial charge on any atom is 0.335 e. The lowest BCUT2D eigenvalue weighted by Gasteiger charge is -2.06. The summed E-state index contributed by atoms with van der Waals surface area (Å²) in [6, 6.07) is 7.31. The average Bonchev–Trinajstić information content (AvgIpc) is 2.34. The summed E-state index contributed by atoms with van der Waals surface area (Å²) in [6.45, 7) is 1.79. The van der Waals surface area contributed by atoms with Gasteiger partial charge in [-0.3, -0.25) is 4.98 Å². The summed E-state index contributed by atoms with van der Waals surface area (Å²) in [6.07, 6.45) is 3.42. The first-order valence-corrected chi connectivity index (χ1v) is 6.80. The minimum Gasteiger partial charge on any atom is -0.478 e. The molecule has 0 bridgehead atoms. The number of hydrogen-bond donors (Lipinski definition) is 1. The number of pyridine rings is 1. The van der Waals surface area contributed by atoms with Gasteiger partial charge in [0.05, 0.1) is 5.56 Å². The fourth-order valence-electron chi connectivity index (χ4n) is 1.47. The highest BCUT2D eigenvalue weighted by atomic mass is 79.9. The second-order valence-electron chi connectivity index (χ2n) is 3.69. The van der Waals surface area contributed by atoms with E-state index in [4.69, 9.17) is 5.11 Å². The molecule has 1 aromatic carbocycles. The van der Waals surface area contributed by atoms with Gasteiger partial charge in [-0.25, -0.2) is 4.79 Å². The lowest BCUT2D eigenvalue weighted by molar-refractivity contribution is 0.0696. The van der Waals surface area contributed by atoms with E-state index < -0.39 is 5.97 Å². The van der Waals surface area contributed by atoms with Gasteiger partial charge in [0.2, 0.25) is 0 Å². The molecule has 18 heavy (non-hydrogen) atoms. The molecule has 0 radical (unpaired) electrons. The van der Waals surface area contributed by atoms with Crippen LogP contribution in [0.1, 0.15) is 15.9 Å². The predicted octanol–water partition coefficient (Wildman–Crippen LogP) is 4.00. The molecule has 2 aromatic rings. The van der Waals surface area contributed by atoms with E-state index in [1.54, 1.807) is 25.4 Å². The summed E-state index contributed by atoms with van der Waals surface area (Å²) in [5.74, 6) is -0.899. The molecule has 0 atom stereocenters. The van der Waals surface area contributed by atoms with Crippen LogP contribution >= 0.6 is 27.7 Å². The van der Waals surface area contributed by atoms with Crippen molar-refractivity contribution >= 4 is 33.7 Å². The van der Waals surface area contributed by atoms with Crippen molar-refractivity contribution in [2.24, 2.45) is 0 Å². The van der Waals surface area contributed by atoms with Crippen molar-refractivity contribution in [2.75, 3.05) is 0 Å². The van der Waals surface area contributed by atoms with E-state index in [1.807, 2.05) is 18.2 Å². The standard InChI is InChI=1S/C13H10BrNO2S/c1-8-2-3-9(6-10(8)13(16)17)18-12-4-5-15-7-11(12)14/h2-7H,1H3,(H,16,17). The van der Waals surface area contributed by atoms with Crippen molar-refractivity contribution in [3.63, 3.8) is 0 Å². The molecule has 3 nitrogen and oxygen atoms in total. The SMILES string of the molecule is Cc1ccc(Sc2ccncc2Br)cc1C(=O)O. The van der Waals surface area contributed by atoms with Gasteiger partial charge in [-0.15, -0.1) is 0 Å². The first-order valence-electron chi connectivity index (χ1n) is 5.19. The first kappa shape index (κ1) is 13.1. The van der Waals surface area contributed by atoms with E-state index in [9.17, 15) is 4.79 Å². The van der Waals surface area contributed by atoms with Gasteiger partial charge in [0.15, 0.2) is 0 Å². The normalized spacial score (nSPS) is 10.3. The number of aromatic carboxylic acids is 1. The van der Waals surface area contributed by atoms with Crippen LogP contribution in [0, 0.1) is 6.92 Å². The van der Waals surface area contributed by atoms with E-state index >= 15 is 0 Å². The quantitative estimate of drug-likeness (QED) is 0.927. The number of aromatic nitrogens is 1. The van der Waals surface area contributed by atoms with Crippen LogP contribution in [0.2, 0.25) is 0 Å². The number of nitrogens with zero attached hydrogens (tertiary/aromatic N) is 1. The van der Waals surface area contributed by atoms with E-state index in [-0.39, 0.29) is 0 Å². The molecule has 1 aromatic heterocycles. The molecule has 0 saturated heterocycles. The van der Waals surface area contributed by atoms with Crippen molar-refractivity contribution in [1.29, 1.82) is 0 Å². The van der Waals surface area contributed by atoms with Crippen LogP contribution in [0.5, 0.6) is 0 Å². The Balaban J connectivity index is 2.33. The fraction of sp³-hybridized carbons (Fsp3) is 0.0769. The topological polar surface area (TPSA) is 50.2 Å². The molecule has 0 amide bonds. The number of carbonyl (C=O) groups is 1. The lowest BCUT2D eigenvalue weighted by Crippen LogP contribution is -1.99. The van der Waals surface area contributed by atoms with Crippen LogP contribution in [-0.2, 0) is 0 Å². The van der Waals surface area contributed by atoms with Crippen molar-refractivity contribution < 1.29 is 9.90 Å².